The number of hydrogen-bond donors (Lipinski definition) is 1. The summed E-state index contributed by atoms with van der Waals surface area (Å²) < 4.78 is 11.3. The van der Waals surface area contributed by atoms with Crippen LogP contribution in [0.5, 0.6) is 0 Å². The van der Waals surface area contributed by atoms with E-state index in [1.807, 2.05) is 0 Å². The first-order valence-electron chi connectivity index (χ1n) is 3.37. The monoisotopic (exact) mass is 183 g/mol. The maximum absolute atomic E-state index is 11.3. The Kier molecular flexibility index (Phi) is 5.15. The Morgan fingerprint density at radius 1 is 1.45 bits per heavy atom. The van der Waals surface area contributed by atoms with Crippen molar-refractivity contribution in [1.29, 1.82) is 0 Å². The van der Waals surface area contributed by atoms with Crippen molar-refractivity contribution in [3.63, 3.8) is 0 Å². The van der Waals surface area contributed by atoms with Gasteiger partial charge >= 0.3 is 5.97 Å². The molecular weight excluding hydrogens is 173 g/mol. The molecule has 1 saturated heterocycles. The largest absolute Gasteiger partial charge is 0.351 e. The van der Waals surface area contributed by atoms with Gasteiger partial charge in [0.1, 0.15) is 0 Å². The zero-order chi connectivity index (χ0) is 7.40. The van der Waals surface area contributed by atoms with E-state index in [0.29, 0.717) is 12.8 Å². The van der Waals surface area contributed by atoms with Gasteiger partial charge in [-0.15, -0.1) is 12.4 Å². The van der Waals surface area contributed by atoms with E-state index in [4.69, 9.17) is 0 Å². The predicted octanol–water partition coefficient (Wildman–Crippen LogP) is 0.835. The number of halogens is 2. The first-order chi connectivity index (χ1) is 4.84. The van der Waals surface area contributed by atoms with Crippen LogP contribution in [0.1, 0.15) is 12.8 Å². The summed E-state index contributed by atoms with van der Waals surface area (Å²) in [5.74, 6) is -0.951. The third-order valence-corrected chi connectivity index (χ3v) is 1.75. The minimum absolute atomic E-state index is 0. The lowest BCUT2D eigenvalue weighted by atomic mass is 9.99. The van der Waals surface area contributed by atoms with Crippen LogP contribution in [0.25, 0.3) is 0 Å². The predicted molar refractivity (Wildman–Crippen MR) is 40.0 cm³/mol. The average Bonchev–Trinajstić information content (AvgIpc) is 2.05. The summed E-state index contributed by atoms with van der Waals surface area (Å²) in [7, 11) is 0. The van der Waals surface area contributed by atoms with E-state index in [9.17, 15) is 9.32 Å². The van der Waals surface area contributed by atoms with Crippen molar-refractivity contribution in [1.82, 2.24) is 5.32 Å². The van der Waals surface area contributed by atoms with E-state index in [-0.39, 0.29) is 18.3 Å². The average molecular weight is 184 g/mol. The van der Waals surface area contributed by atoms with Gasteiger partial charge in [0.25, 0.3) is 0 Å². The molecule has 1 rings (SSSR count). The maximum atomic E-state index is 11.3. The minimum atomic E-state index is -0.721. The Labute approximate surface area is 70.6 Å². The molecule has 0 unspecified atom stereocenters. The molecule has 0 aromatic heterocycles. The van der Waals surface area contributed by atoms with Crippen LogP contribution >= 0.6 is 12.4 Å². The van der Waals surface area contributed by atoms with E-state index in [1.54, 1.807) is 0 Å². The number of nitrogens with one attached hydrogen (secondary N) is 1. The highest BCUT2D eigenvalue weighted by Crippen LogP contribution is 2.12. The number of hydrogen-bond acceptors (Lipinski definition) is 3. The lowest BCUT2D eigenvalue weighted by Crippen LogP contribution is -2.31. The van der Waals surface area contributed by atoms with Crippen molar-refractivity contribution < 1.29 is 14.3 Å². The molecule has 0 aromatic carbocycles. The van der Waals surface area contributed by atoms with Crippen molar-refractivity contribution in [2.75, 3.05) is 13.1 Å². The second-order valence-electron chi connectivity index (χ2n) is 2.42. The first kappa shape index (κ1) is 10.7. The Morgan fingerprint density at radius 2 is 2.00 bits per heavy atom. The fourth-order valence-electron chi connectivity index (χ4n) is 1.12. The van der Waals surface area contributed by atoms with Gasteiger partial charge in [-0.05, 0) is 25.9 Å². The summed E-state index contributed by atoms with van der Waals surface area (Å²) in [4.78, 5) is 13.7. The SMILES string of the molecule is Cl.O=C(OF)C1CCNCC1. The van der Waals surface area contributed by atoms with Crippen LogP contribution in [0.2, 0.25) is 0 Å². The number of piperidine rings is 1. The van der Waals surface area contributed by atoms with Crippen molar-refractivity contribution in [3.8, 4) is 0 Å². The molecule has 0 saturated carbocycles. The molecule has 0 aromatic rings. The Balaban J connectivity index is 0.000001000. The molecule has 1 fully saturated rings. The highest BCUT2D eigenvalue weighted by molar-refractivity contribution is 5.85. The Morgan fingerprint density at radius 3 is 2.45 bits per heavy atom. The van der Waals surface area contributed by atoms with Gasteiger partial charge in [0, 0.05) is 4.53 Å². The molecule has 0 radical (unpaired) electrons. The summed E-state index contributed by atoms with van der Waals surface area (Å²) in [6, 6.07) is 0. The Bertz CT molecular complexity index is 128. The van der Waals surface area contributed by atoms with Crippen LogP contribution in [-0.4, -0.2) is 19.1 Å². The van der Waals surface area contributed by atoms with Crippen molar-refractivity contribution >= 4 is 18.4 Å². The zero-order valence-corrected chi connectivity index (χ0v) is 6.82. The molecule has 1 N–H and O–H groups in total. The highest BCUT2D eigenvalue weighted by atomic mass is 35.5. The molecule has 11 heavy (non-hydrogen) atoms. The minimum Gasteiger partial charge on any atom is -0.317 e. The summed E-state index contributed by atoms with van der Waals surface area (Å²) in [6.07, 6.45) is 1.37. The highest BCUT2D eigenvalue weighted by Gasteiger charge is 2.22. The van der Waals surface area contributed by atoms with E-state index < -0.39 is 5.97 Å². The van der Waals surface area contributed by atoms with Crippen molar-refractivity contribution in [2.45, 2.75) is 12.8 Å². The van der Waals surface area contributed by atoms with Gasteiger partial charge in [0.05, 0.1) is 5.92 Å². The molecule has 0 aliphatic carbocycles. The molecule has 66 valence electrons. The summed E-state index contributed by atoms with van der Waals surface area (Å²) >= 11 is 0. The van der Waals surface area contributed by atoms with Gasteiger partial charge in [-0.25, -0.2) is 4.79 Å². The molecule has 5 heteroatoms. The van der Waals surface area contributed by atoms with Crippen LogP contribution in [0.4, 0.5) is 4.53 Å². The first-order valence-corrected chi connectivity index (χ1v) is 3.37. The quantitative estimate of drug-likeness (QED) is 0.655. The fraction of sp³-hybridized carbons (Fsp3) is 0.833. The van der Waals surface area contributed by atoms with E-state index in [0.717, 1.165) is 13.1 Å². The smallest absolute Gasteiger partial charge is 0.317 e. The van der Waals surface area contributed by atoms with Gasteiger partial charge in [-0.2, -0.15) is 0 Å². The normalized spacial score (nSPS) is 18.6. The van der Waals surface area contributed by atoms with Crippen LogP contribution in [0, 0.1) is 5.92 Å². The molecule has 0 atom stereocenters. The fourth-order valence-corrected chi connectivity index (χ4v) is 1.12. The van der Waals surface area contributed by atoms with Crippen molar-refractivity contribution in [3.05, 3.63) is 0 Å². The summed E-state index contributed by atoms with van der Waals surface area (Å²) in [5, 5.41) is 3.06. The second kappa shape index (κ2) is 5.32. The molecular formula is C6H11ClFNO2. The molecule has 3 nitrogen and oxygen atoms in total. The third-order valence-electron chi connectivity index (χ3n) is 1.75. The van der Waals surface area contributed by atoms with Crippen LogP contribution < -0.4 is 5.32 Å². The maximum Gasteiger partial charge on any atom is 0.351 e. The van der Waals surface area contributed by atoms with Crippen LogP contribution in [0.15, 0.2) is 0 Å². The summed E-state index contributed by atoms with van der Waals surface area (Å²) in [6.45, 7) is 1.56. The summed E-state index contributed by atoms with van der Waals surface area (Å²) in [5.41, 5.74) is 0. The zero-order valence-electron chi connectivity index (χ0n) is 6.01. The number of rotatable bonds is 1. The van der Waals surface area contributed by atoms with Gasteiger partial charge in [-0.3, -0.25) is 4.94 Å². The molecule has 0 bridgehead atoms. The topological polar surface area (TPSA) is 38.3 Å². The second-order valence-corrected chi connectivity index (χ2v) is 2.42. The Hall–Kier alpha value is -0.350. The molecule has 0 amide bonds. The van der Waals surface area contributed by atoms with Gasteiger partial charge < -0.3 is 5.32 Å². The third kappa shape index (κ3) is 3.03. The molecule has 1 aliphatic rings. The van der Waals surface area contributed by atoms with Crippen LogP contribution in [-0.2, 0) is 9.74 Å². The van der Waals surface area contributed by atoms with Gasteiger partial charge in [-0.1, -0.05) is 0 Å². The van der Waals surface area contributed by atoms with Crippen molar-refractivity contribution in [2.24, 2.45) is 5.92 Å². The van der Waals surface area contributed by atoms with Gasteiger partial charge in [0.15, 0.2) is 0 Å². The number of carbonyl (C=O) groups excluding carboxylic acids is 1. The standard InChI is InChI=1S/C6H10FNO2.ClH/c7-10-6(9)5-1-3-8-4-2-5;/h5,8H,1-4H2;1H. The molecule has 1 heterocycles. The van der Waals surface area contributed by atoms with E-state index in [2.05, 4.69) is 10.3 Å². The van der Waals surface area contributed by atoms with E-state index >= 15 is 0 Å². The lowest BCUT2D eigenvalue weighted by molar-refractivity contribution is -0.189. The number of carbonyl (C=O) groups is 1. The van der Waals surface area contributed by atoms with Crippen LogP contribution in [0.3, 0.4) is 0 Å². The molecule has 0 spiro atoms. The van der Waals surface area contributed by atoms with E-state index in [1.165, 1.54) is 0 Å². The van der Waals surface area contributed by atoms with Gasteiger partial charge in [0.2, 0.25) is 0 Å². The molecule has 1 aliphatic heterocycles. The lowest BCUT2D eigenvalue weighted by Gasteiger charge is -2.18.